The smallest absolute Gasteiger partial charge is 0.186 e. The molecule has 110 valence electrons. The van der Waals surface area contributed by atoms with Crippen LogP contribution in [0.15, 0.2) is 18.4 Å². The average molecular weight is 275 g/mol. The van der Waals surface area contributed by atoms with Crippen LogP contribution in [0.3, 0.4) is 0 Å². The molecule has 0 saturated carbocycles. The maximum Gasteiger partial charge on any atom is 0.186 e. The monoisotopic (exact) mass is 275 g/mol. The lowest BCUT2D eigenvalue weighted by Crippen LogP contribution is -2.44. The minimum Gasteiger partial charge on any atom is -0.515 e. The number of aliphatic hydroxyl groups is 1. The maximum absolute atomic E-state index is 12.6. The lowest BCUT2D eigenvalue weighted by atomic mass is 9.83. The van der Waals surface area contributed by atoms with Crippen LogP contribution in [0.5, 0.6) is 0 Å². The van der Waals surface area contributed by atoms with Crippen molar-refractivity contribution >= 4 is 11.4 Å². The number of ketones is 1. The zero-order valence-corrected chi connectivity index (χ0v) is 13.1. The summed E-state index contributed by atoms with van der Waals surface area (Å²) in [5.74, 6) is -0.218. The van der Waals surface area contributed by atoms with E-state index in [-0.39, 0.29) is 5.78 Å². The third kappa shape index (κ3) is 3.10. The predicted molar refractivity (Wildman–Crippen MR) is 83.8 cm³/mol. The molecule has 20 heavy (non-hydrogen) atoms. The van der Waals surface area contributed by atoms with E-state index < -0.39 is 5.54 Å². The highest BCUT2D eigenvalue weighted by molar-refractivity contribution is 6.25. The van der Waals surface area contributed by atoms with Gasteiger partial charge in [-0.25, -0.2) is 0 Å². The third-order valence-electron chi connectivity index (χ3n) is 3.84. The molecule has 0 aliphatic carbocycles. The highest BCUT2D eigenvalue weighted by atomic mass is 16.2. The van der Waals surface area contributed by atoms with Gasteiger partial charge >= 0.3 is 0 Å². The van der Waals surface area contributed by atoms with Crippen molar-refractivity contribution in [1.29, 1.82) is 0 Å². The van der Waals surface area contributed by atoms with Crippen molar-refractivity contribution < 1.29 is 9.90 Å². The van der Waals surface area contributed by atoms with E-state index in [1.165, 1.54) is 0 Å². The van der Waals surface area contributed by atoms with Crippen LogP contribution < -0.4 is 5.73 Å². The molecule has 0 heterocycles. The van der Waals surface area contributed by atoms with Crippen molar-refractivity contribution in [2.75, 3.05) is 0 Å². The van der Waals surface area contributed by atoms with Crippen LogP contribution in [-0.4, -0.2) is 16.4 Å². The number of aliphatic hydroxyl groups excluding tert-OH is 1. The Morgan fingerprint density at radius 1 is 1.35 bits per heavy atom. The average Bonchev–Trinajstić information content (AvgIpc) is 2.40. The second kappa shape index (κ2) is 6.23. The number of rotatable bonds is 5. The van der Waals surface area contributed by atoms with E-state index in [1.807, 2.05) is 33.8 Å². The maximum atomic E-state index is 12.6. The lowest BCUT2D eigenvalue weighted by molar-refractivity contribution is -0.118. The van der Waals surface area contributed by atoms with E-state index in [0.29, 0.717) is 12.0 Å². The fourth-order valence-corrected chi connectivity index (χ4v) is 2.42. The van der Waals surface area contributed by atoms with Gasteiger partial charge in [0, 0.05) is 0 Å². The van der Waals surface area contributed by atoms with E-state index in [9.17, 15) is 9.90 Å². The Hall–Kier alpha value is -1.61. The largest absolute Gasteiger partial charge is 0.515 e. The molecule has 0 aliphatic rings. The molecule has 3 heteroatoms. The van der Waals surface area contributed by atoms with Crippen LogP contribution in [0.1, 0.15) is 49.4 Å². The molecule has 0 saturated heterocycles. The number of hydrogen-bond acceptors (Lipinski definition) is 3. The van der Waals surface area contributed by atoms with Crippen molar-refractivity contribution in [3.63, 3.8) is 0 Å². The Bertz CT molecular complexity index is 542. The van der Waals surface area contributed by atoms with Gasteiger partial charge in [0.15, 0.2) is 5.78 Å². The first-order valence-electron chi connectivity index (χ1n) is 7.07. The van der Waals surface area contributed by atoms with Gasteiger partial charge < -0.3 is 10.8 Å². The molecule has 1 unspecified atom stereocenters. The Labute approximate surface area is 121 Å². The van der Waals surface area contributed by atoms with Gasteiger partial charge in [-0.15, -0.1) is 0 Å². The van der Waals surface area contributed by atoms with Crippen LogP contribution in [0, 0.1) is 13.8 Å². The molecule has 1 aromatic carbocycles. The number of nitrogens with two attached hydrogens (primary N) is 1. The Balaban J connectivity index is 3.46. The van der Waals surface area contributed by atoms with Crippen LogP contribution >= 0.6 is 0 Å². The summed E-state index contributed by atoms with van der Waals surface area (Å²) in [6, 6.07) is 4.07. The van der Waals surface area contributed by atoms with Crippen LogP contribution in [0.4, 0.5) is 0 Å². The Morgan fingerprint density at radius 3 is 2.40 bits per heavy atom. The number of aryl methyl sites for hydroxylation is 3. The van der Waals surface area contributed by atoms with E-state index in [4.69, 9.17) is 5.73 Å². The molecule has 0 bridgehead atoms. The molecule has 0 fully saturated rings. The van der Waals surface area contributed by atoms with E-state index in [2.05, 4.69) is 6.07 Å². The van der Waals surface area contributed by atoms with Crippen LogP contribution in [0.2, 0.25) is 0 Å². The van der Waals surface area contributed by atoms with Crippen LogP contribution in [0.25, 0.3) is 5.57 Å². The SMILES string of the molecule is CCc1cc(C)cc(C)c1C(=CO)C(=O)C(C)(N)CC. The summed E-state index contributed by atoms with van der Waals surface area (Å²) >= 11 is 0. The van der Waals surface area contributed by atoms with Crippen molar-refractivity contribution in [2.45, 2.75) is 53.0 Å². The first-order chi connectivity index (χ1) is 9.28. The normalized spacial score (nSPS) is 15.0. The quantitative estimate of drug-likeness (QED) is 0.639. The molecule has 0 spiro atoms. The molecule has 0 amide bonds. The minimum atomic E-state index is -0.961. The Morgan fingerprint density at radius 2 is 1.95 bits per heavy atom. The van der Waals surface area contributed by atoms with E-state index in [1.54, 1.807) is 6.92 Å². The summed E-state index contributed by atoms with van der Waals surface area (Å²) < 4.78 is 0. The van der Waals surface area contributed by atoms with E-state index >= 15 is 0 Å². The van der Waals surface area contributed by atoms with Gasteiger partial charge in [-0.05, 0) is 50.3 Å². The molecular formula is C17H25NO2. The highest BCUT2D eigenvalue weighted by Crippen LogP contribution is 2.29. The third-order valence-corrected chi connectivity index (χ3v) is 3.84. The predicted octanol–water partition coefficient (Wildman–Crippen LogP) is 3.46. The second-order valence-corrected chi connectivity index (χ2v) is 5.61. The lowest BCUT2D eigenvalue weighted by Gasteiger charge is -2.24. The van der Waals surface area contributed by atoms with Gasteiger partial charge in [0.05, 0.1) is 17.4 Å². The number of benzene rings is 1. The van der Waals surface area contributed by atoms with Gasteiger partial charge in [-0.2, -0.15) is 0 Å². The fraction of sp³-hybridized carbons (Fsp3) is 0.471. The summed E-state index contributed by atoms with van der Waals surface area (Å²) in [6.45, 7) is 9.60. The van der Waals surface area contributed by atoms with E-state index in [0.717, 1.165) is 34.9 Å². The van der Waals surface area contributed by atoms with Gasteiger partial charge in [0.2, 0.25) is 0 Å². The highest BCUT2D eigenvalue weighted by Gasteiger charge is 2.31. The molecule has 0 aromatic heterocycles. The molecule has 1 aromatic rings. The van der Waals surface area contributed by atoms with Gasteiger partial charge in [-0.3, -0.25) is 4.79 Å². The minimum absolute atomic E-state index is 0.218. The molecular weight excluding hydrogens is 250 g/mol. The summed E-state index contributed by atoms with van der Waals surface area (Å²) in [5, 5.41) is 9.58. The van der Waals surface area contributed by atoms with Crippen LogP contribution in [-0.2, 0) is 11.2 Å². The first-order valence-corrected chi connectivity index (χ1v) is 7.07. The van der Waals surface area contributed by atoms with Gasteiger partial charge in [-0.1, -0.05) is 31.5 Å². The van der Waals surface area contributed by atoms with Crippen molar-refractivity contribution in [3.05, 3.63) is 40.6 Å². The zero-order chi connectivity index (χ0) is 15.5. The molecule has 1 rings (SSSR count). The summed E-state index contributed by atoms with van der Waals surface area (Å²) in [5.41, 5.74) is 9.41. The molecule has 0 aliphatic heterocycles. The molecule has 3 N–H and O–H groups in total. The summed E-state index contributed by atoms with van der Waals surface area (Å²) in [6.07, 6.45) is 2.23. The van der Waals surface area contributed by atoms with Crippen molar-refractivity contribution in [1.82, 2.24) is 0 Å². The summed E-state index contributed by atoms with van der Waals surface area (Å²) in [4.78, 5) is 12.6. The van der Waals surface area contributed by atoms with Crippen molar-refractivity contribution in [3.8, 4) is 0 Å². The molecule has 1 atom stereocenters. The molecule has 0 radical (unpaired) electrons. The topological polar surface area (TPSA) is 63.3 Å². The zero-order valence-electron chi connectivity index (χ0n) is 13.1. The van der Waals surface area contributed by atoms with Gasteiger partial charge in [0.1, 0.15) is 0 Å². The van der Waals surface area contributed by atoms with Gasteiger partial charge in [0.25, 0.3) is 0 Å². The van der Waals surface area contributed by atoms with Crippen molar-refractivity contribution in [2.24, 2.45) is 5.73 Å². The molecule has 3 nitrogen and oxygen atoms in total. The standard InChI is InChI=1S/C17H25NO2/c1-6-13-9-11(3)8-12(4)15(13)14(10-19)16(20)17(5,18)7-2/h8-10,19H,6-7,18H2,1-5H3. The Kier molecular flexibility index (Phi) is 5.12. The summed E-state index contributed by atoms with van der Waals surface area (Å²) in [7, 11) is 0. The first kappa shape index (κ1) is 16.4. The second-order valence-electron chi connectivity index (χ2n) is 5.61. The number of hydrogen-bond donors (Lipinski definition) is 2. The number of Topliss-reactive ketones (excluding diaryl/α,β-unsaturated/α-hetero) is 1. The number of carbonyl (C=O) groups is 1. The fourth-order valence-electron chi connectivity index (χ4n) is 2.42. The number of carbonyl (C=O) groups excluding carboxylic acids is 1.